The molecule has 2 amide bonds. The molecule has 1 aliphatic rings. The molecule has 1 aromatic rings. The van der Waals surface area contributed by atoms with Gasteiger partial charge in [-0.3, -0.25) is 9.59 Å². The Hall–Kier alpha value is -1.53. The summed E-state index contributed by atoms with van der Waals surface area (Å²) in [6, 6.07) is 7.80. The number of likely N-dealkylation sites (tertiary alicyclic amines) is 1. The number of nitrogens with one attached hydrogen (secondary N) is 1. The van der Waals surface area contributed by atoms with Crippen LogP contribution in [0.15, 0.2) is 29.2 Å². The van der Waals surface area contributed by atoms with Crippen LogP contribution in [0.2, 0.25) is 0 Å². The van der Waals surface area contributed by atoms with Crippen LogP contribution in [0.3, 0.4) is 0 Å². The van der Waals surface area contributed by atoms with Crippen LogP contribution in [0.25, 0.3) is 0 Å². The van der Waals surface area contributed by atoms with Crippen LogP contribution in [0.4, 0.5) is 5.69 Å². The standard InChI is InChI=1S/C16H23N3O2S/c1-22-14-5-3-2-4-13(14)18-15(20)8-11-19-9-6-12(7-10-19)16(17)21/h2-5,12H,6-11H2,1H3,(H2,17,21)(H,18,20). The Morgan fingerprint density at radius 1 is 1.32 bits per heavy atom. The van der Waals surface area contributed by atoms with Gasteiger partial charge in [-0.05, 0) is 44.3 Å². The first kappa shape index (κ1) is 16.8. The predicted octanol–water partition coefficient (Wildman–Crippen LogP) is 1.93. The molecule has 0 bridgehead atoms. The lowest BCUT2D eigenvalue weighted by Crippen LogP contribution is -2.39. The van der Waals surface area contributed by atoms with Crippen molar-refractivity contribution in [2.75, 3.05) is 31.2 Å². The number of carbonyl (C=O) groups is 2. The average Bonchev–Trinajstić information content (AvgIpc) is 2.54. The number of para-hydroxylation sites is 1. The molecule has 0 unspecified atom stereocenters. The van der Waals surface area contributed by atoms with Crippen molar-refractivity contribution < 1.29 is 9.59 Å². The Morgan fingerprint density at radius 2 is 2.00 bits per heavy atom. The Kier molecular flexibility index (Phi) is 6.27. The highest BCUT2D eigenvalue weighted by Gasteiger charge is 2.23. The van der Waals surface area contributed by atoms with E-state index in [2.05, 4.69) is 10.2 Å². The van der Waals surface area contributed by atoms with Gasteiger partial charge in [0.05, 0.1) is 5.69 Å². The van der Waals surface area contributed by atoms with Crippen molar-refractivity contribution in [1.82, 2.24) is 4.90 Å². The lowest BCUT2D eigenvalue weighted by molar-refractivity contribution is -0.123. The third-order valence-corrected chi connectivity index (χ3v) is 4.82. The van der Waals surface area contributed by atoms with Gasteiger partial charge in [0.25, 0.3) is 0 Å². The van der Waals surface area contributed by atoms with Gasteiger partial charge in [-0.2, -0.15) is 0 Å². The van der Waals surface area contributed by atoms with Crippen LogP contribution >= 0.6 is 11.8 Å². The van der Waals surface area contributed by atoms with E-state index in [1.54, 1.807) is 11.8 Å². The second kappa shape index (κ2) is 8.19. The molecular formula is C16H23N3O2S. The van der Waals surface area contributed by atoms with E-state index in [-0.39, 0.29) is 17.7 Å². The maximum absolute atomic E-state index is 12.1. The highest BCUT2D eigenvalue weighted by atomic mass is 32.2. The van der Waals surface area contributed by atoms with Crippen molar-refractivity contribution >= 4 is 29.3 Å². The van der Waals surface area contributed by atoms with Gasteiger partial charge in [0.2, 0.25) is 11.8 Å². The number of rotatable bonds is 6. The fraction of sp³-hybridized carbons (Fsp3) is 0.500. The molecule has 5 nitrogen and oxygen atoms in total. The summed E-state index contributed by atoms with van der Waals surface area (Å²) < 4.78 is 0. The SMILES string of the molecule is CSc1ccccc1NC(=O)CCN1CCC(C(N)=O)CC1. The number of benzene rings is 1. The zero-order valence-electron chi connectivity index (χ0n) is 12.9. The van der Waals surface area contributed by atoms with Gasteiger partial charge in [0, 0.05) is 23.8 Å². The van der Waals surface area contributed by atoms with E-state index < -0.39 is 0 Å². The maximum Gasteiger partial charge on any atom is 0.225 e. The number of thioether (sulfide) groups is 1. The fourth-order valence-corrected chi connectivity index (χ4v) is 3.21. The van der Waals surface area contributed by atoms with Crippen molar-refractivity contribution in [2.24, 2.45) is 11.7 Å². The summed E-state index contributed by atoms with van der Waals surface area (Å²) in [5, 5.41) is 2.97. The lowest BCUT2D eigenvalue weighted by Gasteiger charge is -2.30. The van der Waals surface area contributed by atoms with Gasteiger partial charge in [0.1, 0.15) is 0 Å². The molecule has 22 heavy (non-hydrogen) atoms. The van der Waals surface area contributed by atoms with Gasteiger partial charge >= 0.3 is 0 Å². The predicted molar refractivity (Wildman–Crippen MR) is 89.8 cm³/mol. The van der Waals surface area contributed by atoms with E-state index in [1.807, 2.05) is 30.5 Å². The first-order valence-electron chi connectivity index (χ1n) is 7.54. The molecule has 1 heterocycles. The van der Waals surface area contributed by atoms with E-state index in [4.69, 9.17) is 5.73 Å². The van der Waals surface area contributed by atoms with Gasteiger partial charge in [-0.25, -0.2) is 0 Å². The van der Waals surface area contributed by atoms with Crippen LogP contribution in [0.1, 0.15) is 19.3 Å². The van der Waals surface area contributed by atoms with E-state index in [0.717, 1.165) is 43.1 Å². The molecule has 1 aromatic carbocycles. The molecule has 3 N–H and O–H groups in total. The van der Waals surface area contributed by atoms with E-state index in [1.165, 1.54) is 0 Å². The van der Waals surface area contributed by atoms with Crippen molar-refractivity contribution in [1.29, 1.82) is 0 Å². The summed E-state index contributed by atoms with van der Waals surface area (Å²) in [7, 11) is 0. The van der Waals surface area contributed by atoms with Crippen LogP contribution < -0.4 is 11.1 Å². The Balaban J connectivity index is 1.75. The van der Waals surface area contributed by atoms with Gasteiger partial charge in [0.15, 0.2) is 0 Å². The van der Waals surface area contributed by atoms with E-state index >= 15 is 0 Å². The summed E-state index contributed by atoms with van der Waals surface area (Å²) in [6.45, 7) is 2.39. The van der Waals surface area contributed by atoms with Crippen LogP contribution in [0, 0.1) is 5.92 Å². The molecule has 1 fully saturated rings. The Bertz CT molecular complexity index is 528. The number of amides is 2. The first-order chi connectivity index (χ1) is 10.6. The molecule has 0 aromatic heterocycles. The lowest BCUT2D eigenvalue weighted by atomic mass is 9.96. The molecule has 0 atom stereocenters. The topological polar surface area (TPSA) is 75.4 Å². The first-order valence-corrected chi connectivity index (χ1v) is 8.77. The molecule has 1 saturated heterocycles. The van der Waals surface area contributed by atoms with Gasteiger partial charge in [-0.1, -0.05) is 12.1 Å². The highest BCUT2D eigenvalue weighted by molar-refractivity contribution is 7.98. The highest BCUT2D eigenvalue weighted by Crippen LogP contribution is 2.24. The second-order valence-electron chi connectivity index (χ2n) is 5.52. The monoisotopic (exact) mass is 321 g/mol. The smallest absolute Gasteiger partial charge is 0.225 e. The van der Waals surface area contributed by atoms with Gasteiger partial charge < -0.3 is 16.0 Å². The normalized spacial score (nSPS) is 16.4. The fourth-order valence-electron chi connectivity index (χ4n) is 2.66. The molecule has 120 valence electrons. The minimum atomic E-state index is -0.203. The van der Waals surface area contributed by atoms with Gasteiger partial charge in [-0.15, -0.1) is 11.8 Å². The third kappa shape index (κ3) is 4.74. The van der Waals surface area contributed by atoms with Crippen molar-refractivity contribution in [3.8, 4) is 0 Å². The zero-order valence-corrected chi connectivity index (χ0v) is 13.7. The number of piperidine rings is 1. The summed E-state index contributed by atoms with van der Waals surface area (Å²) in [5.74, 6) is -0.178. The molecule has 2 rings (SSSR count). The number of hydrogen-bond donors (Lipinski definition) is 2. The van der Waals surface area contributed by atoms with E-state index in [0.29, 0.717) is 6.42 Å². The molecule has 0 saturated carbocycles. The summed E-state index contributed by atoms with van der Waals surface area (Å²) in [6.07, 6.45) is 4.05. The number of primary amides is 1. The van der Waals surface area contributed by atoms with Crippen molar-refractivity contribution in [2.45, 2.75) is 24.2 Å². The largest absolute Gasteiger partial charge is 0.369 e. The van der Waals surface area contributed by atoms with E-state index in [9.17, 15) is 9.59 Å². The van der Waals surface area contributed by atoms with Crippen LogP contribution in [0.5, 0.6) is 0 Å². The van der Waals surface area contributed by atoms with Crippen LogP contribution in [-0.2, 0) is 9.59 Å². The number of anilines is 1. The molecule has 0 spiro atoms. The average molecular weight is 321 g/mol. The quantitative estimate of drug-likeness (QED) is 0.785. The molecule has 1 aliphatic heterocycles. The molecule has 0 radical (unpaired) electrons. The summed E-state index contributed by atoms with van der Waals surface area (Å²) in [4.78, 5) is 26.5. The molecule has 0 aliphatic carbocycles. The van der Waals surface area contributed by atoms with Crippen molar-refractivity contribution in [3.63, 3.8) is 0 Å². The minimum Gasteiger partial charge on any atom is -0.369 e. The number of hydrogen-bond acceptors (Lipinski definition) is 4. The minimum absolute atomic E-state index is 0.00136. The number of nitrogens with two attached hydrogens (primary N) is 1. The maximum atomic E-state index is 12.1. The number of carbonyl (C=O) groups excluding carboxylic acids is 2. The number of nitrogens with zero attached hydrogens (tertiary/aromatic N) is 1. The summed E-state index contributed by atoms with van der Waals surface area (Å²) in [5.41, 5.74) is 6.19. The molecular weight excluding hydrogens is 298 g/mol. The molecule has 6 heteroatoms. The zero-order chi connectivity index (χ0) is 15.9. The third-order valence-electron chi connectivity index (χ3n) is 4.03. The summed E-state index contributed by atoms with van der Waals surface area (Å²) >= 11 is 1.62. The Labute approximate surface area is 135 Å². The van der Waals surface area contributed by atoms with Crippen molar-refractivity contribution in [3.05, 3.63) is 24.3 Å². The Morgan fingerprint density at radius 3 is 2.64 bits per heavy atom. The second-order valence-corrected chi connectivity index (χ2v) is 6.36. The van der Waals surface area contributed by atoms with Crippen LogP contribution in [-0.4, -0.2) is 42.6 Å².